The van der Waals surface area contributed by atoms with Crippen molar-refractivity contribution >= 4 is 61.2 Å². The number of carbonyl (C=O) groups excluding carboxylic acids is 4. The van der Waals surface area contributed by atoms with E-state index in [1.54, 1.807) is 0 Å². The topological polar surface area (TPSA) is 92.8 Å². The lowest BCUT2D eigenvalue weighted by atomic mass is 9.81. The molecule has 9 heteroatoms. The third-order valence-corrected chi connectivity index (χ3v) is 9.60. The van der Waals surface area contributed by atoms with Gasteiger partial charge in [-0.15, -0.1) is 0 Å². The van der Waals surface area contributed by atoms with Gasteiger partial charge in [-0.2, -0.15) is 0 Å². The maximum absolute atomic E-state index is 12.8. The smallest absolute Gasteiger partial charge is 0.326 e. The zero-order chi connectivity index (χ0) is 21.7. The minimum Gasteiger partial charge on any atom is -0.454 e. The van der Waals surface area contributed by atoms with Crippen molar-refractivity contribution in [3.8, 4) is 0 Å². The number of likely N-dealkylation sites (tertiary alicyclic amines) is 1. The Hall–Kier alpha value is -1.74. The van der Waals surface area contributed by atoms with Crippen molar-refractivity contribution in [3.05, 3.63) is 29.3 Å². The summed E-state index contributed by atoms with van der Waals surface area (Å²) in [6.07, 6.45) is 0.829. The standard InChI is InChI=1S/C21H22Br2N2O5/c1-9-3-4-10(2)13(5-9)24-14(26)8-30-15(27)7-25-20(28)16-11-6-12(17(16)21(25)29)19(23)18(11)22/h3-5,11-12,16-19H,6-8H2,1-2H3,(H,24,26)/t11-,12-,16-,17+,18-,19+/m1/s1. The fourth-order valence-corrected chi connectivity index (χ4v) is 6.82. The van der Waals surface area contributed by atoms with E-state index in [0.717, 1.165) is 22.4 Å². The Labute approximate surface area is 191 Å². The number of rotatable bonds is 5. The number of nitrogens with zero attached hydrogens (tertiary/aromatic N) is 1. The summed E-state index contributed by atoms with van der Waals surface area (Å²) in [4.78, 5) is 51.2. The Morgan fingerprint density at radius 1 is 1.10 bits per heavy atom. The number of alkyl halides is 2. The van der Waals surface area contributed by atoms with E-state index in [1.807, 2.05) is 32.0 Å². The van der Waals surface area contributed by atoms with Gasteiger partial charge < -0.3 is 10.1 Å². The lowest BCUT2D eigenvalue weighted by molar-refractivity contribution is -0.154. The predicted molar refractivity (Wildman–Crippen MR) is 116 cm³/mol. The highest BCUT2D eigenvalue weighted by molar-refractivity contribution is 9.12. The first-order valence-electron chi connectivity index (χ1n) is 9.85. The fraction of sp³-hybridized carbons (Fsp3) is 0.524. The molecule has 2 bridgehead atoms. The van der Waals surface area contributed by atoms with E-state index >= 15 is 0 Å². The number of carbonyl (C=O) groups is 4. The van der Waals surface area contributed by atoms with Crippen molar-refractivity contribution in [1.82, 2.24) is 4.90 Å². The van der Waals surface area contributed by atoms with Gasteiger partial charge in [0.1, 0.15) is 6.54 Å². The molecule has 1 heterocycles. The number of hydrogen-bond acceptors (Lipinski definition) is 5. The largest absolute Gasteiger partial charge is 0.454 e. The molecule has 0 aromatic heterocycles. The summed E-state index contributed by atoms with van der Waals surface area (Å²) >= 11 is 7.26. The molecule has 0 spiro atoms. The molecule has 1 N–H and O–H groups in total. The van der Waals surface area contributed by atoms with Gasteiger partial charge >= 0.3 is 5.97 Å². The van der Waals surface area contributed by atoms with Gasteiger partial charge in [-0.05, 0) is 49.3 Å². The van der Waals surface area contributed by atoms with Crippen LogP contribution in [0.5, 0.6) is 0 Å². The van der Waals surface area contributed by atoms with E-state index in [0.29, 0.717) is 5.69 Å². The summed E-state index contributed by atoms with van der Waals surface area (Å²) in [6.45, 7) is 2.84. The van der Waals surface area contributed by atoms with Gasteiger partial charge in [0.25, 0.3) is 5.91 Å². The number of amides is 3. The molecule has 3 amide bonds. The van der Waals surface area contributed by atoms with Gasteiger partial charge in [-0.3, -0.25) is 24.1 Å². The zero-order valence-corrected chi connectivity index (χ0v) is 19.7. The molecule has 1 aromatic rings. The number of imide groups is 1. The Morgan fingerprint density at radius 3 is 2.30 bits per heavy atom. The van der Waals surface area contributed by atoms with Crippen LogP contribution in [0.1, 0.15) is 17.5 Å². The van der Waals surface area contributed by atoms with E-state index < -0.39 is 25.0 Å². The zero-order valence-electron chi connectivity index (χ0n) is 16.6. The first kappa shape index (κ1) is 21.5. The third-order valence-electron chi connectivity index (χ3n) is 6.40. The molecule has 4 rings (SSSR count). The molecule has 1 saturated heterocycles. The first-order valence-corrected chi connectivity index (χ1v) is 11.7. The Balaban J connectivity index is 1.32. The van der Waals surface area contributed by atoms with Crippen LogP contribution in [0.4, 0.5) is 5.69 Å². The molecular formula is C21H22Br2N2O5. The molecule has 1 aromatic carbocycles. The number of benzene rings is 1. The summed E-state index contributed by atoms with van der Waals surface area (Å²) in [5, 5.41) is 2.71. The summed E-state index contributed by atoms with van der Waals surface area (Å²) in [5.41, 5.74) is 2.54. The average molecular weight is 542 g/mol. The van der Waals surface area contributed by atoms with Crippen molar-refractivity contribution in [2.24, 2.45) is 23.7 Å². The van der Waals surface area contributed by atoms with Crippen LogP contribution in [-0.4, -0.2) is 51.4 Å². The van der Waals surface area contributed by atoms with Crippen molar-refractivity contribution in [2.75, 3.05) is 18.5 Å². The molecule has 7 nitrogen and oxygen atoms in total. The highest BCUT2D eigenvalue weighted by Gasteiger charge is 2.66. The first-order chi connectivity index (χ1) is 14.2. The monoisotopic (exact) mass is 540 g/mol. The number of ether oxygens (including phenoxy) is 1. The molecule has 3 aliphatic rings. The fourth-order valence-electron chi connectivity index (χ4n) is 4.94. The van der Waals surface area contributed by atoms with E-state index in [4.69, 9.17) is 4.74 Å². The molecular weight excluding hydrogens is 520 g/mol. The summed E-state index contributed by atoms with van der Waals surface area (Å²) in [6, 6.07) is 5.66. The SMILES string of the molecule is Cc1ccc(C)c(NC(=O)COC(=O)CN2C(=O)[C@@H]3[C@H]4C[C@@H]([C@H](Br)[C@@H]4Br)[C@@H]3C2=O)c1. The van der Waals surface area contributed by atoms with E-state index in [2.05, 4.69) is 37.2 Å². The number of fused-ring (bicyclic) bond motifs is 5. The maximum atomic E-state index is 12.8. The van der Waals surface area contributed by atoms with Crippen LogP contribution in [0.15, 0.2) is 18.2 Å². The van der Waals surface area contributed by atoms with E-state index in [-0.39, 0.29) is 45.1 Å². The minimum absolute atomic E-state index is 0.0881. The molecule has 30 heavy (non-hydrogen) atoms. The lowest BCUT2D eigenvalue weighted by Gasteiger charge is -2.28. The van der Waals surface area contributed by atoms with Crippen LogP contribution >= 0.6 is 31.9 Å². The number of hydrogen-bond donors (Lipinski definition) is 1. The molecule has 0 radical (unpaired) electrons. The van der Waals surface area contributed by atoms with Crippen LogP contribution in [0, 0.1) is 37.5 Å². The normalized spacial score (nSPS) is 31.8. The Morgan fingerprint density at radius 2 is 1.70 bits per heavy atom. The lowest BCUT2D eigenvalue weighted by Crippen LogP contribution is -2.38. The maximum Gasteiger partial charge on any atom is 0.326 e. The van der Waals surface area contributed by atoms with Crippen LogP contribution in [-0.2, 0) is 23.9 Å². The molecule has 1 aliphatic heterocycles. The number of esters is 1. The molecule has 160 valence electrons. The van der Waals surface area contributed by atoms with Crippen molar-refractivity contribution in [3.63, 3.8) is 0 Å². The van der Waals surface area contributed by atoms with Crippen LogP contribution < -0.4 is 5.32 Å². The van der Waals surface area contributed by atoms with Gasteiger partial charge in [0.15, 0.2) is 6.61 Å². The predicted octanol–water partition coefficient (Wildman–Crippen LogP) is 2.56. The second-order valence-electron chi connectivity index (χ2n) is 8.29. The van der Waals surface area contributed by atoms with Crippen molar-refractivity contribution < 1.29 is 23.9 Å². The molecule has 0 unspecified atom stereocenters. The number of nitrogens with one attached hydrogen (secondary N) is 1. The highest BCUT2D eigenvalue weighted by atomic mass is 79.9. The molecule has 6 atom stereocenters. The molecule has 2 saturated carbocycles. The van der Waals surface area contributed by atoms with Gasteiger partial charge in [-0.25, -0.2) is 0 Å². The quantitative estimate of drug-likeness (QED) is 0.351. The second-order valence-corrected chi connectivity index (χ2v) is 10.4. The Bertz CT molecular complexity index is 904. The Kier molecular flexibility index (Phi) is 5.78. The second kappa shape index (κ2) is 8.07. The summed E-state index contributed by atoms with van der Waals surface area (Å²) < 4.78 is 5.02. The average Bonchev–Trinajstić information content (AvgIpc) is 3.30. The summed E-state index contributed by atoms with van der Waals surface area (Å²) in [5.74, 6) is -2.44. The summed E-state index contributed by atoms with van der Waals surface area (Å²) in [7, 11) is 0. The third kappa shape index (κ3) is 3.60. The van der Waals surface area contributed by atoms with Gasteiger partial charge in [0.2, 0.25) is 11.8 Å². The van der Waals surface area contributed by atoms with E-state index in [1.165, 1.54) is 0 Å². The number of anilines is 1. The highest BCUT2D eigenvalue weighted by Crippen LogP contribution is 2.60. The van der Waals surface area contributed by atoms with Crippen LogP contribution in [0.25, 0.3) is 0 Å². The minimum atomic E-state index is -0.772. The number of halogens is 2. The van der Waals surface area contributed by atoms with Crippen molar-refractivity contribution in [1.29, 1.82) is 0 Å². The van der Waals surface area contributed by atoms with Gasteiger partial charge in [0.05, 0.1) is 11.8 Å². The van der Waals surface area contributed by atoms with Crippen LogP contribution in [0.3, 0.4) is 0 Å². The van der Waals surface area contributed by atoms with Gasteiger partial charge in [-0.1, -0.05) is 44.0 Å². The van der Waals surface area contributed by atoms with E-state index in [9.17, 15) is 19.2 Å². The van der Waals surface area contributed by atoms with Crippen LogP contribution in [0.2, 0.25) is 0 Å². The molecule has 3 fully saturated rings. The molecule has 2 aliphatic carbocycles. The van der Waals surface area contributed by atoms with Crippen molar-refractivity contribution in [2.45, 2.75) is 29.9 Å². The van der Waals surface area contributed by atoms with Gasteiger partial charge in [0, 0.05) is 15.3 Å². The number of aryl methyl sites for hydroxylation is 2.